The van der Waals surface area contributed by atoms with Gasteiger partial charge in [0.1, 0.15) is 6.04 Å². The molecule has 1 unspecified atom stereocenters. The molecule has 1 aromatic carbocycles. The highest BCUT2D eigenvalue weighted by atomic mass is 16.3. The van der Waals surface area contributed by atoms with Gasteiger partial charge in [-0.1, -0.05) is 25.1 Å². The Hall–Kier alpha value is -1.55. The number of nitrogens with one attached hydrogen (secondary N) is 1. The highest BCUT2D eigenvalue weighted by Gasteiger charge is 2.30. The molecule has 98 valence electrons. The number of hydrogen-bond acceptors (Lipinski definition) is 3. The predicted molar refractivity (Wildman–Crippen MR) is 71.8 cm³/mol. The van der Waals surface area contributed by atoms with E-state index in [2.05, 4.69) is 31.3 Å². The van der Waals surface area contributed by atoms with Crippen molar-refractivity contribution in [3.63, 3.8) is 0 Å². The zero-order chi connectivity index (χ0) is 13.1. The molecule has 1 saturated heterocycles. The average Bonchev–Trinajstić information content (AvgIpc) is 2.38. The summed E-state index contributed by atoms with van der Waals surface area (Å²) < 4.78 is 0. The number of aliphatic hydroxyl groups is 1. The summed E-state index contributed by atoms with van der Waals surface area (Å²) in [7, 11) is 0. The van der Waals surface area contributed by atoms with E-state index in [0.29, 0.717) is 6.54 Å². The lowest BCUT2D eigenvalue weighted by Gasteiger charge is -2.37. The van der Waals surface area contributed by atoms with Gasteiger partial charge in [0.25, 0.3) is 0 Å². The molecule has 0 bridgehead atoms. The first-order valence-electron chi connectivity index (χ1n) is 6.42. The number of rotatable bonds is 3. The maximum absolute atomic E-state index is 11.8. The molecular formula is C14H20N2O2. The van der Waals surface area contributed by atoms with Gasteiger partial charge in [-0.2, -0.15) is 0 Å². The molecule has 0 spiro atoms. The van der Waals surface area contributed by atoms with Crippen molar-refractivity contribution in [2.75, 3.05) is 24.6 Å². The average molecular weight is 248 g/mol. The van der Waals surface area contributed by atoms with Crippen molar-refractivity contribution in [3.05, 3.63) is 29.3 Å². The maximum Gasteiger partial charge on any atom is 0.245 e. The topological polar surface area (TPSA) is 52.6 Å². The van der Waals surface area contributed by atoms with Gasteiger partial charge in [-0.25, -0.2) is 0 Å². The highest BCUT2D eigenvalue weighted by molar-refractivity contribution is 5.87. The summed E-state index contributed by atoms with van der Waals surface area (Å²) in [5.74, 6) is -0.0888. The van der Waals surface area contributed by atoms with Gasteiger partial charge >= 0.3 is 0 Å². The molecule has 1 amide bonds. The lowest BCUT2D eigenvalue weighted by atomic mass is 10.0. The van der Waals surface area contributed by atoms with E-state index in [1.807, 2.05) is 11.0 Å². The van der Waals surface area contributed by atoms with Gasteiger partial charge in [0.05, 0.1) is 6.61 Å². The van der Waals surface area contributed by atoms with E-state index in [1.165, 1.54) is 5.56 Å². The monoisotopic (exact) mass is 248 g/mol. The van der Waals surface area contributed by atoms with E-state index >= 15 is 0 Å². The number of amides is 1. The maximum atomic E-state index is 11.8. The lowest BCUT2D eigenvalue weighted by molar-refractivity contribution is -0.124. The van der Waals surface area contributed by atoms with Gasteiger partial charge < -0.3 is 15.3 Å². The third-order valence-corrected chi connectivity index (χ3v) is 3.49. The first-order chi connectivity index (χ1) is 8.69. The SMILES string of the molecule is CCc1cccc(C)c1N1CCNC(=O)C1CO. The minimum atomic E-state index is -0.467. The van der Waals surface area contributed by atoms with E-state index < -0.39 is 6.04 Å². The molecule has 0 radical (unpaired) electrons. The number of para-hydroxylation sites is 1. The molecule has 1 aromatic rings. The zero-order valence-corrected chi connectivity index (χ0v) is 10.9. The second-order valence-corrected chi connectivity index (χ2v) is 4.62. The van der Waals surface area contributed by atoms with E-state index in [0.717, 1.165) is 24.2 Å². The predicted octanol–water partition coefficient (Wildman–Crippen LogP) is 0.855. The number of benzene rings is 1. The molecule has 2 rings (SSSR count). The van der Waals surface area contributed by atoms with E-state index in [4.69, 9.17) is 0 Å². The van der Waals surface area contributed by atoms with Crippen molar-refractivity contribution in [1.29, 1.82) is 0 Å². The lowest BCUT2D eigenvalue weighted by Crippen LogP contribution is -2.57. The fourth-order valence-electron chi connectivity index (χ4n) is 2.58. The van der Waals surface area contributed by atoms with Crippen LogP contribution in [0, 0.1) is 6.92 Å². The Kier molecular flexibility index (Phi) is 3.87. The first kappa shape index (κ1) is 12.9. The number of aliphatic hydroxyl groups excluding tert-OH is 1. The highest BCUT2D eigenvalue weighted by Crippen LogP contribution is 2.28. The Labute approximate surface area is 108 Å². The van der Waals surface area contributed by atoms with Crippen LogP contribution in [0.15, 0.2) is 18.2 Å². The number of piperazine rings is 1. The van der Waals surface area contributed by atoms with Crippen molar-refractivity contribution in [2.45, 2.75) is 26.3 Å². The Morgan fingerprint density at radius 2 is 2.28 bits per heavy atom. The van der Waals surface area contributed by atoms with Crippen LogP contribution in [-0.2, 0) is 11.2 Å². The van der Waals surface area contributed by atoms with Crippen LogP contribution < -0.4 is 10.2 Å². The quantitative estimate of drug-likeness (QED) is 0.834. The standard InChI is InChI=1S/C14H20N2O2/c1-3-11-6-4-5-10(2)13(11)16-8-7-15-14(18)12(16)9-17/h4-6,12,17H,3,7-9H2,1-2H3,(H,15,18). The molecule has 4 heteroatoms. The molecule has 1 aliphatic rings. The third-order valence-electron chi connectivity index (χ3n) is 3.49. The van der Waals surface area contributed by atoms with Crippen molar-refractivity contribution in [3.8, 4) is 0 Å². The summed E-state index contributed by atoms with van der Waals surface area (Å²) in [5.41, 5.74) is 3.49. The van der Waals surface area contributed by atoms with Gasteiger partial charge in [-0.15, -0.1) is 0 Å². The van der Waals surface area contributed by atoms with Gasteiger partial charge in [-0.3, -0.25) is 4.79 Å². The summed E-state index contributed by atoms with van der Waals surface area (Å²) in [5, 5.41) is 12.2. The van der Waals surface area contributed by atoms with Crippen LogP contribution in [0.1, 0.15) is 18.1 Å². The number of hydrogen-bond donors (Lipinski definition) is 2. The molecule has 0 aliphatic carbocycles. The van der Waals surface area contributed by atoms with Gasteiger partial charge in [-0.05, 0) is 24.5 Å². The largest absolute Gasteiger partial charge is 0.394 e. The van der Waals surface area contributed by atoms with Crippen LogP contribution in [0.3, 0.4) is 0 Å². The van der Waals surface area contributed by atoms with Gasteiger partial charge in [0.15, 0.2) is 0 Å². The molecule has 0 aromatic heterocycles. The molecule has 4 nitrogen and oxygen atoms in total. The molecule has 0 saturated carbocycles. The van der Waals surface area contributed by atoms with Crippen LogP contribution in [0.4, 0.5) is 5.69 Å². The van der Waals surface area contributed by atoms with Crippen molar-refractivity contribution in [1.82, 2.24) is 5.32 Å². The minimum Gasteiger partial charge on any atom is -0.394 e. The van der Waals surface area contributed by atoms with Crippen LogP contribution in [0.25, 0.3) is 0 Å². The summed E-state index contributed by atoms with van der Waals surface area (Å²) >= 11 is 0. The number of nitrogens with zero attached hydrogens (tertiary/aromatic N) is 1. The molecule has 1 aliphatic heterocycles. The summed E-state index contributed by atoms with van der Waals surface area (Å²) in [6.07, 6.45) is 0.924. The third kappa shape index (κ3) is 2.20. The van der Waals surface area contributed by atoms with Crippen LogP contribution in [-0.4, -0.2) is 36.8 Å². The van der Waals surface area contributed by atoms with Crippen LogP contribution in [0.2, 0.25) is 0 Å². The fraction of sp³-hybridized carbons (Fsp3) is 0.500. The van der Waals surface area contributed by atoms with E-state index in [1.54, 1.807) is 0 Å². The fourth-order valence-corrected chi connectivity index (χ4v) is 2.58. The minimum absolute atomic E-state index is 0.0888. The molecular weight excluding hydrogens is 228 g/mol. The molecule has 18 heavy (non-hydrogen) atoms. The number of carbonyl (C=O) groups is 1. The number of aryl methyl sites for hydroxylation is 2. The molecule has 1 heterocycles. The van der Waals surface area contributed by atoms with Crippen molar-refractivity contribution in [2.24, 2.45) is 0 Å². The van der Waals surface area contributed by atoms with Gasteiger partial charge in [0, 0.05) is 18.8 Å². The normalized spacial score (nSPS) is 19.8. The Balaban J connectivity index is 2.43. The summed E-state index contributed by atoms with van der Waals surface area (Å²) in [6.45, 7) is 5.39. The second-order valence-electron chi connectivity index (χ2n) is 4.62. The Bertz CT molecular complexity index is 445. The van der Waals surface area contributed by atoms with E-state index in [-0.39, 0.29) is 12.5 Å². The van der Waals surface area contributed by atoms with Crippen LogP contribution in [0.5, 0.6) is 0 Å². The first-order valence-corrected chi connectivity index (χ1v) is 6.42. The van der Waals surface area contributed by atoms with Crippen molar-refractivity contribution < 1.29 is 9.90 Å². The number of anilines is 1. The molecule has 2 N–H and O–H groups in total. The smallest absolute Gasteiger partial charge is 0.245 e. The number of carbonyl (C=O) groups excluding carboxylic acids is 1. The molecule has 1 fully saturated rings. The van der Waals surface area contributed by atoms with E-state index in [9.17, 15) is 9.90 Å². The second kappa shape index (κ2) is 5.40. The summed E-state index contributed by atoms with van der Waals surface area (Å²) in [4.78, 5) is 13.8. The van der Waals surface area contributed by atoms with Crippen molar-refractivity contribution >= 4 is 11.6 Å². The Morgan fingerprint density at radius 3 is 2.94 bits per heavy atom. The Morgan fingerprint density at radius 1 is 1.50 bits per heavy atom. The summed E-state index contributed by atoms with van der Waals surface area (Å²) in [6, 6.07) is 5.71. The van der Waals surface area contributed by atoms with Crippen LogP contribution >= 0.6 is 0 Å². The zero-order valence-electron chi connectivity index (χ0n) is 10.9. The molecule has 1 atom stereocenters. The van der Waals surface area contributed by atoms with Gasteiger partial charge in [0.2, 0.25) is 5.91 Å².